The van der Waals surface area contributed by atoms with Gasteiger partial charge in [0.15, 0.2) is 5.96 Å². The van der Waals surface area contributed by atoms with Crippen molar-refractivity contribution in [1.29, 1.82) is 0 Å². The van der Waals surface area contributed by atoms with E-state index >= 15 is 0 Å². The first-order chi connectivity index (χ1) is 11.3. The molecule has 2 aliphatic heterocycles. The smallest absolute Gasteiger partial charge is 0.193 e. The summed E-state index contributed by atoms with van der Waals surface area (Å²) in [5, 5.41) is 3.63. The molecule has 1 spiro atoms. The van der Waals surface area contributed by atoms with E-state index in [0.29, 0.717) is 4.75 Å². The van der Waals surface area contributed by atoms with Crippen LogP contribution in [0.15, 0.2) is 4.99 Å². The Morgan fingerprint density at radius 2 is 2.00 bits per heavy atom. The molecule has 1 N–H and O–H groups in total. The van der Waals surface area contributed by atoms with Gasteiger partial charge < -0.3 is 15.0 Å². The van der Waals surface area contributed by atoms with Crippen molar-refractivity contribution in [1.82, 2.24) is 10.2 Å². The number of aliphatic imine (C=N–C) groups is 1. The first-order valence-electron chi connectivity index (χ1n) is 9.49. The quantitative estimate of drug-likeness (QED) is 0.390. The SMILES string of the molecule is CN=C(NCCC1CCOCC1)N1CCSC2(CCCCC2)C1.I. The number of thioether (sulfide) groups is 1. The monoisotopic (exact) mass is 467 g/mol. The minimum absolute atomic E-state index is 0. The van der Waals surface area contributed by atoms with Crippen molar-refractivity contribution in [3.05, 3.63) is 0 Å². The predicted molar refractivity (Wildman–Crippen MR) is 115 cm³/mol. The second-order valence-corrected chi connectivity index (χ2v) is 8.90. The van der Waals surface area contributed by atoms with Gasteiger partial charge in [0.05, 0.1) is 0 Å². The van der Waals surface area contributed by atoms with E-state index in [4.69, 9.17) is 4.74 Å². The molecule has 0 aromatic heterocycles. The highest BCUT2D eigenvalue weighted by Crippen LogP contribution is 2.42. The maximum atomic E-state index is 5.45. The molecule has 0 bridgehead atoms. The van der Waals surface area contributed by atoms with E-state index in [1.54, 1.807) is 0 Å². The molecule has 6 heteroatoms. The van der Waals surface area contributed by atoms with Gasteiger partial charge in [0.25, 0.3) is 0 Å². The fraction of sp³-hybridized carbons (Fsp3) is 0.944. The third kappa shape index (κ3) is 5.66. The van der Waals surface area contributed by atoms with Crippen LogP contribution in [-0.2, 0) is 4.74 Å². The number of halogens is 1. The van der Waals surface area contributed by atoms with E-state index in [-0.39, 0.29) is 24.0 Å². The third-order valence-electron chi connectivity index (χ3n) is 5.70. The van der Waals surface area contributed by atoms with E-state index in [9.17, 15) is 0 Å². The number of hydrogen-bond acceptors (Lipinski definition) is 3. The molecule has 2 saturated heterocycles. The van der Waals surface area contributed by atoms with Gasteiger partial charge >= 0.3 is 0 Å². The molecule has 140 valence electrons. The van der Waals surface area contributed by atoms with Crippen LogP contribution >= 0.6 is 35.7 Å². The summed E-state index contributed by atoms with van der Waals surface area (Å²) in [6.07, 6.45) is 10.7. The van der Waals surface area contributed by atoms with E-state index < -0.39 is 0 Å². The lowest BCUT2D eigenvalue weighted by Crippen LogP contribution is -2.53. The van der Waals surface area contributed by atoms with Gasteiger partial charge in [-0.3, -0.25) is 4.99 Å². The van der Waals surface area contributed by atoms with Crippen molar-refractivity contribution in [2.75, 3.05) is 45.6 Å². The van der Waals surface area contributed by atoms with Crippen LogP contribution in [0.3, 0.4) is 0 Å². The molecular weight excluding hydrogens is 433 g/mol. The largest absolute Gasteiger partial charge is 0.381 e. The maximum Gasteiger partial charge on any atom is 0.193 e. The Labute approximate surface area is 169 Å². The normalized spacial score (nSPS) is 25.4. The summed E-state index contributed by atoms with van der Waals surface area (Å²) < 4.78 is 5.96. The molecule has 0 aromatic carbocycles. The predicted octanol–water partition coefficient (Wildman–Crippen LogP) is 3.75. The average molecular weight is 467 g/mol. The molecule has 0 unspecified atom stereocenters. The highest BCUT2D eigenvalue weighted by Gasteiger charge is 2.38. The molecular formula is C18H34IN3OS. The highest BCUT2D eigenvalue weighted by molar-refractivity contribution is 14.0. The Hall–Kier alpha value is 0.310. The van der Waals surface area contributed by atoms with Crippen LogP contribution in [-0.4, -0.2) is 61.3 Å². The van der Waals surface area contributed by atoms with Gasteiger partial charge in [-0.05, 0) is 38.0 Å². The standard InChI is InChI=1S/C18H33N3OS.HI/c1-19-17(20-10-5-16-6-12-22-13-7-16)21-11-14-23-18(15-21)8-3-2-4-9-18;/h16H,2-15H2,1H3,(H,19,20);1H. The lowest BCUT2D eigenvalue weighted by molar-refractivity contribution is 0.0642. The molecule has 0 radical (unpaired) electrons. The zero-order valence-corrected chi connectivity index (χ0v) is 18.2. The topological polar surface area (TPSA) is 36.9 Å². The van der Waals surface area contributed by atoms with Crippen molar-refractivity contribution in [2.24, 2.45) is 10.9 Å². The van der Waals surface area contributed by atoms with Crippen LogP contribution in [0.2, 0.25) is 0 Å². The molecule has 0 atom stereocenters. The fourth-order valence-corrected chi connectivity index (χ4v) is 5.85. The summed E-state index contributed by atoms with van der Waals surface area (Å²) in [5.74, 6) is 3.21. The first-order valence-corrected chi connectivity index (χ1v) is 10.5. The van der Waals surface area contributed by atoms with E-state index in [1.807, 2.05) is 7.05 Å². The first kappa shape index (κ1) is 20.6. The molecule has 1 aliphatic carbocycles. The summed E-state index contributed by atoms with van der Waals surface area (Å²) in [7, 11) is 1.94. The minimum Gasteiger partial charge on any atom is -0.381 e. The molecule has 3 fully saturated rings. The van der Waals surface area contributed by atoms with Crippen molar-refractivity contribution in [2.45, 2.75) is 56.1 Å². The Bertz CT molecular complexity index is 390. The number of nitrogens with zero attached hydrogens (tertiary/aromatic N) is 2. The van der Waals surface area contributed by atoms with Crippen LogP contribution in [0, 0.1) is 5.92 Å². The summed E-state index contributed by atoms with van der Waals surface area (Å²) in [6, 6.07) is 0. The summed E-state index contributed by atoms with van der Waals surface area (Å²) >= 11 is 2.23. The number of guanidine groups is 1. The molecule has 2 heterocycles. The van der Waals surface area contributed by atoms with Gasteiger partial charge in [-0.25, -0.2) is 0 Å². The van der Waals surface area contributed by atoms with Crippen molar-refractivity contribution < 1.29 is 4.74 Å². The lowest BCUT2D eigenvalue weighted by Gasteiger charge is -2.45. The molecule has 0 amide bonds. The third-order valence-corrected chi connectivity index (χ3v) is 7.24. The minimum atomic E-state index is 0. The molecule has 3 rings (SSSR count). The fourth-order valence-electron chi connectivity index (χ4n) is 4.28. The number of rotatable bonds is 3. The Morgan fingerprint density at radius 3 is 2.71 bits per heavy atom. The number of hydrogen-bond donors (Lipinski definition) is 1. The zero-order valence-electron chi connectivity index (χ0n) is 15.1. The molecule has 4 nitrogen and oxygen atoms in total. The Morgan fingerprint density at radius 1 is 1.25 bits per heavy atom. The number of ether oxygens (including phenoxy) is 1. The lowest BCUT2D eigenvalue weighted by atomic mass is 9.87. The summed E-state index contributed by atoms with van der Waals surface area (Å²) in [6.45, 7) is 5.28. The maximum absolute atomic E-state index is 5.45. The van der Waals surface area contributed by atoms with E-state index in [1.165, 1.54) is 63.7 Å². The number of nitrogens with one attached hydrogen (secondary N) is 1. The second kappa shape index (κ2) is 10.5. The van der Waals surface area contributed by atoms with Gasteiger partial charge in [0.2, 0.25) is 0 Å². The highest BCUT2D eigenvalue weighted by atomic mass is 127. The molecule has 24 heavy (non-hydrogen) atoms. The van der Waals surface area contributed by atoms with Crippen LogP contribution in [0.1, 0.15) is 51.4 Å². The summed E-state index contributed by atoms with van der Waals surface area (Å²) in [5.41, 5.74) is 0. The average Bonchev–Trinajstić information content (AvgIpc) is 2.60. The van der Waals surface area contributed by atoms with Crippen molar-refractivity contribution in [3.63, 3.8) is 0 Å². The second-order valence-electron chi connectivity index (χ2n) is 7.33. The van der Waals surface area contributed by atoms with E-state index in [0.717, 1.165) is 38.2 Å². The van der Waals surface area contributed by atoms with Gasteiger partial charge in [-0.2, -0.15) is 11.8 Å². The van der Waals surface area contributed by atoms with Gasteiger partial charge in [0, 0.05) is 50.4 Å². The molecule has 1 saturated carbocycles. The van der Waals surface area contributed by atoms with Crippen molar-refractivity contribution in [3.8, 4) is 0 Å². The molecule has 0 aromatic rings. The van der Waals surface area contributed by atoms with Gasteiger partial charge in [0.1, 0.15) is 0 Å². The Balaban J connectivity index is 0.00000208. The Kier molecular flexibility index (Phi) is 8.98. The molecule has 3 aliphatic rings. The van der Waals surface area contributed by atoms with Crippen LogP contribution < -0.4 is 5.32 Å². The van der Waals surface area contributed by atoms with E-state index in [2.05, 4.69) is 27.0 Å². The summed E-state index contributed by atoms with van der Waals surface area (Å²) in [4.78, 5) is 7.09. The zero-order chi connectivity index (χ0) is 16.0. The van der Waals surface area contributed by atoms with Crippen molar-refractivity contribution >= 4 is 41.7 Å². The van der Waals surface area contributed by atoms with Crippen LogP contribution in [0.25, 0.3) is 0 Å². The van der Waals surface area contributed by atoms with Crippen LogP contribution in [0.4, 0.5) is 0 Å². The van der Waals surface area contributed by atoms with Crippen LogP contribution in [0.5, 0.6) is 0 Å². The van der Waals surface area contributed by atoms with Gasteiger partial charge in [-0.1, -0.05) is 19.3 Å². The van der Waals surface area contributed by atoms with Gasteiger partial charge in [-0.15, -0.1) is 24.0 Å².